The molecule has 2 fully saturated rings. The minimum Gasteiger partial charge on any atom is -0.458 e. The smallest absolute Gasteiger partial charge is 0.332 e. The third-order valence-corrected chi connectivity index (χ3v) is 7.27. The highest BCUT2D eigenvalue weighted by atomic mass is 79.9. The van der Waals surface area contributed by atoms with Crippen LogP contribution in [0.3, 0.4) is 0 Å². The van der Waals surface area contributed by atoms with Crippen molar-refractivity contribution in [3.63, 3.8) is 0 Å². The lowest BCUT2D eigenvalue weighted by Crippen LogP contribution is -2.45. The van der Waals surface area contributed by atoms with Crippen molar-refractivity contribution in [1.82, 2.24) is 10.3 Å². The fourth-order valence-electron chi connectivity index (χ4n) is 4.09. The van der Waals surface area contributed by atoms with E-state index in [1.165, 1.54) is 12.8 Å². The van der Waals surface area contributed by atoms with Crippen molar-refractivity contribution in [2.45, 2.75) is 70.5 Å². The molecule has 0 atom stereocenters. The standard InChI is InChI=1S/C19H29BrN2O3S/c1-17(2,3)25-15(23)12-24-19(16-22-14(20)13-26-16)6-4-18(5-7-19)8-10-21-11-9-18/h13,21H,4-12H2,1-3H3. The van der Waals surface area contributed by atoms with Gasteiger partial charge in [0.15, 0.2) is 0 Å². The molecular weight excluding hydrogens is 416 g/mol. The summed E-state index contributed by atoms with van der Waals surface area (Å²) in [7, 11) is 0. The van der Waals surface area contributed by atoms with Crippen LogP contribution in [0.4, 0.5) is 0 Å². The lowest BCUT2D eigenvalue weighted by atomic mass is 9.64. The molecule has 1 saturated heterocycles. The van der Waals surface area contributed by atoms with Gasteiger partial charge in [-0.25, -0.2) is 9.78 Å². The number of carbonyl (C=O) groups is 1. The molecule has 0 amide bonds. The van der Waals surface area contributed by atoms with E-state index >= 15 is 0 Å². The van der Waals surface area contributed by atoms with Crippen LogP contribution in [0.15, 0.2) is 9.98 Å². The topological polar surface area (TPSA) is 60.5 Å². The summed E-state index contributed by atoms with van der Waals surface area (Å²) in [6.07, 6.45) is 6.54. The first kappa shape index (κ1) is 20.2. The third-order valence-electron chi connectivity index (χ3n) is 5.53. The number of nitrogens with zero attached hydrogens (tertiary/aromatic N) is 1. The molecule has 0 unspecified atom stereocenters. The van der Waals surface area contributed by atoms with Crippen molar-refractivity contribution >= 4 is 33.2 Å². The zero-order valence-electron chi connectivity index (χ0n) is 15.9. The summed E-state index contributed by atoms with van der Waals surface area (Å²) in [5.74, 6) is -0.311. The number of nitrogens with one attached hydrogen (secondary N) is 1. The number of carbonyl (C=O) groups excluding carboxylic acids is 1. The van der Waals surface area contributed by atoms with Crippen molar-refractivity contribution in [2.75, 3.05) is 19.7 Å². The van der Waals surface area contributed by atoms with Gasteiger partial charge < -0.3 is 14.8 Å². The van der Waals surface area contributed by atoms with Crippen molar-refractivity contribution < 1.29 is 14.3 Å². The Kier molecular flexibility index (Phi) is 6.12. The molecule has 1 aliphatic carbocycles. The van der Waals surface area contributed by atoms with Gasteiger partial charge in [0, 0.05) is 5.38 Å². The van der Waals surface area contributed by atoms with E-state index in [2.05, 4.69) is 26.2 Å². The van der Waals surface area contributed by atoms with E-state index in [-0.39, 0.29) is 12.6 Å². The third kappa shape index (κ3) is 4.86. The van der Waals surface area contributed by atoms with Gasteiger partial charge in [-0.2, -0.15) is 0 Å². The largest absolute Gasteiger partial charge is 0.458 e. The zero-order valence-corrected chi connectivity index (χ0v) is 18.3. The maximum absolute atomic E-state index is 12.2. The highest BCUT2D eigenvalue weighted by Gasteiger charge is 2.46. The van der Waals surface area contributed by atoms with E-state index in [0.717, 1.165) is 48.4 Å². The number of rotatable bonds is 4. The van der Waals surface area contributed by atoms with Crippen LogP contribution in [0.1, 0.15) is 64.3 Å². The molecule has 0 aromatic carbocycles. The minimum absolute atomic E-state index is 0.0248. The SMILES string of the molecule is CC(C)(C)OC(=O)COC1(c2nc(Br)cs2)CCC2(CCNCC2)CC1. The van der Waals surface area contributed by atoms with E-state index < -0.39 is 11.2 Å². The highest BCUT2D eigenvalue weighted by Crippen LogP contribution is 2.52. The van der Waals surface area contributed by atoms with E-state index in [9.17, 15) is 4.79 Å². The monoisotopic (exact) mass is 444 g/mol. The summed E-state index contributed by atoms with van der Waals surface area (Å²) < 4.78 is 12.5. The van der Waals surface area contributed by atoms with Crippen LogP contribution in [0.5, 0.6) is 0 Å². The molecule has 1 N–H and O–H groups in total. The molecule has 1 aromatic rings. The first-order chi connectivity index (χ1) is 12.2. The second-order valence-corrected chi connectivity index (χ2v) is 10.3. The van der Waals surface area contributed by atoms with Crippen LogP contribution in [0.2, 0.25) is 0 Å². The summed E-state index contributed by atoms with van der Waals surface area (Å²) >= 11 is 5.06. The normalized spacial score (nSPS) is 22.3. The molecule has 1 aromatic heterocycles. The van der Waals surface area contributed by atoms with Crippen LogP contribution in [-0.4, -0.2) is 36.3 Å². The fraction of sp³-hybridized carbons (Fsp3) is 0.789. The van der Waals surface area contributed by atoms with Crippen LogP contribution in [0, 0.1) is 5.41 Å². The summed E-state index contributed by atoms with van der Waals surface area (Å²) in [5, 5.41) is 6.42. The van der Waals surface area contributed by atoms with Crippen molar-refractivity contribution in [3.8, 4) is 0 Å². The molecule has 1 aliphatic heterocycles. The predicted octanol–water partition coefficient (Wildman–Crippen LogP) is 4.40. The average Bonchev–Trinajstić information content (AvgIpc) is 3.01. The molecule has 1 spiro atoms. The lowest BCUT2D eigenvalue weighted by Gasteiger charge is -2.47. The van der Waals surface area contributed by atoms with Gasteiger partial charge in [-0.1, -0.05) is 0 Å². The molecule has 2 aliphatic rings. The number of esters is 1. The minimum atomic E-state index is -0.496. The summed E-state index contributed by atoms with van der Waals surface area (Å²) in [4.78, 5) is 16.8. The molecule has 2 heterocycles. The molecule has 3 rings (SSSR count). The number of piperidine rings is 1. The van der Waals surface area contributed by atoms with Gasteiger partial charge in [0.25, 0.3) is 0 Å². The maximum atomic E-state index is 12.2. The quantitative estimate of drug-likeness (QED) is 0.696. The Balaban J connectivity index is 1.71. The fourth-order valence-corrected chi connectivity index (χ4v) is 5.56. The van der Waals surface area contributed by atoms with Crippen molar-refractivity contribution in [3.05, 3.63) is 15.0 Å². The molecule has 0 radical (unpaired) electrons. The average molecular weight is 445 g/mol. The number of halogens is 1. The Labute approximate surface area is 168 Å². The Morgan fingerprint density at radius 2 is 1.88 bits per heavy atom. The van der Waals surface area contributed by atoms with Crippen LogP contribution >= 0.6 is 27.3 Å². The van der Waals surface area contributed by atoms with E-state index in [1.807, 2.05) is 26.2 Å². The second-order valence-electron chi connectivity index (χ2n) is 8.59. The molecule has 26 heavy (non-hydrogen) atoms. The molecule has 5 nitrogen and oxygen atoms in total. The molecule has 0 bridgehead atoms. The molecule has 7 heteroatoms. The molecule has 1 saturated carbocycles. The van der Waals surface area contributed by atoms with Crippen LogP contribution < -0.4 is 5.32 Å². The number of thiazole rings is 1. The van der Waals surface area contributed by atoms with Gasteiger partial charge in [0.2, 0.25) is 0 Å². The number of ether oxygens (including phenoxy) is 2. The van der Waals surface area contributed by atoms with Crippen LogP contribution in [-0.2, 0) is 19.9 Å². The summed E-state index contributed by atoms with van der Waals surface area (Å²) in [5.41, 5.74) is -0.536. The first-order valence-corrected chi connectivity index (χ1v) is 11.1. The van der Waals surface area contributed by atoms with Gasteiger partial charge in [-0.3, -0.25) is 0 Å². The second kappa shape index (κ2) is 7.86. The van der Waals surface area contributed by atoms with Gasteiger partial charge in [0.05, 0.1) is 0 Å². The Hall–Kier alpha value is -0.500. The predicted molar refractivity (Wildman–Crippen MR) is 106 cm³/mol. The highest BCUT2D eigenvalue weighted by molar-refractivity contribution is 9.10. The van der Waals surface area contributed by atoms with E-state index in [1.54, 1.807) is 11.3 Å². The van der Waals surface area contributed by atoms with Gasteiger partial charge in [0.1, 0.15) is 27.4 Å². The van der Waals surface area contributed by atoms with Gasteiger partial charge in [-0.05, 0) is 93.7 Å². The van der Waals surface area contributed by atoms with E-state index in [4.69, 9.17) is 9.47 Å². The first-order valence-electron chi connectivity index (χ1n) is 9.40. The van der Waals surface area contributed by atoms with Gasteiger partial charge in [-0.15, -0.1) is 11.3 Å². The number of aromatic nitrogens is 1. The Morgan fingerprint density at radius 3 is 2.42 bits per heavy atom. The summed E-state index contributed by atoms with van der Waals surface area (Å²) in [6, 6.07) is 0. The van der Waals surface area contributed by atoms with Crippen molar-refractivity contribution in [2.24, 2.45) is 5.41 Å². The van der Waals surface area contributed by atoms with Crippen molar-refractivity contribution in [1.29, 1.82) is 0 Å². The Morgan fingerprint density at radius 1 is 1.23 bits per heavy atom. The number of hydrogen-bond acceptors (Lipinski definition) is 6. The Bertz CT molecular complexity index is 625. The maximum Gasteiger partial charge on any atom is 0.332 e. The number of hydrogen-bond donors (Lipinski definition) is 1. The zero-order chi connectivity index (χ0) is 18.8. The molecule has 146 valence electrons. The lowest BCUT2D eigenvalue weighted by molar-refractivity contribution is -0.172. The van der Waals surface area contributed by atoms with Crippen LogP contribution in [0.25, 0.3) is 0 Å². The molecular formula is C19H29BrN2O3S. The van der Waals surface area contributed by atoms with Gasteiger partial charge >= 0.3 is 5.97 Å². The summed E-state index contributed by atoms with van der Waals surface area (Å²) in [6.45, 7) is 7.81. The van der Waals surface area contributed by atoms with E-state index in [0.29, 0.717) is 5.41 Å².